The number of para-hydroxylation sites is 1. The predicted molar refractivity (Wildman–Crippen MR) is 72.0 cm³/mol. The van der Waals surface area contributed by atoms with E-state index in [1.165, 1.54) is 6.07 Å². The Kier molecular flexibility index (Phi) is 6.11. The fourth-order valence-electron chi connectivity index (χ4n) is 1.47. The third-order valence-corrected chi connectivity index (χ3v) is 3.37. The van der Waals surface area contributed by atoms with Gasteiger partial charge in [0.05, 0.1) is 12.3 Å². The van der Waals surface area contributed by atoms with Gasteiger partial charge in [0.25, 0.3) is 0 Å². The molecule has 0 aromatic heterocycles. The first kappa shape index (κ1) is 14.9. The number of primary sulfonamides is 1. The van der Waals surface area contributed by atoms with E-state index in [0.29, 0.717) is 18.8 Å². The third-order valence-electron chi connectivity index (χ3n) is 2.40. The van der Waals surface area contributed by atoms with E-state index in [9.17, 15) is 8.42 Å². The smallest absolute Gasteiger partial charge is 0.240 e. The first-order valence-corrected chi connectivity index (χ1v) is 7.53. The Morgan fingerprint density at radius 2 is 2.00 bits per heavy atom. The second-order valence-corrected chi connectivity index (χ2v) is 5.46. The Bertz CT molecular complexity index is 460. The number of hydrogen-bond donors (Lipinski definition) is 2. The van der Waals surface area contributed by atoms with E-state index in [-0.39, 0.29) is 4.90 Å². The molecule has 0 aliphatic rings. The molecule has 102 valence electrons. The highest BCUT2D eigenvalue weighted by Gasteiger charge is 2.12. The molecule has 0 saturated carbocycles. The zero-order valence-corrected chi connectivity index (χ0v) is 11.4. The zero-order chi connectivity index (χ0) is 13.4. The molecule has 0 spiro atoms. The summed E-state index contributed by atoms with van der Waals surface area (Å²) in [6.07, 6.45) is 2.13. The van der Waals surface area contributed by atoms with Gasteiger partial charge in [-0.05, 0) is 18.6 Å². The molecule has 1 aromatic rings. The summed E-state index contributed by atoms with van der Waals surface area (Å²) >= 11 is 0. The predicted octanol–water partition coefficient (Wildman–Crippen LogP) is 1.56. The summed E-state index contributed by atoms with van der Waals surface area (Å²) in [5, 5.41) is 8.14. The van der Waals surface area contributed by atoms with Crippen LogP contribution in [0.4, 0.5) is 5.69 Å². The lowest BCUT2D eigenvalue weighted by atomic mass is 10.3. The van der Waals surface area contributed by atoms with Crippen molar-refractivity contribution in [1.29, 1.82) is 0 Å². The lowest BCUT2D eigenvalue weighted by Crippen LogP contribution is -2.17. The van der Waals surface area contributed by atoms with E-state index in [0.717, 1.165) is 19.4 Å². The number of benzene rings is 1. The number of nitrogens with two attached hydrogens (primary N) is 1. The van der Waals surface area contributed by atoms with E-state index >= 15 is 0 Å². The van der Waals surface area contributed by atoms with Crippen molar-refractivity contribution in [2.75, 3.05) is 25.1 Å². The summed E-state index contributed by atoms with van der Waals surface area (Å²) in [5.74, 6) is 0. The van der Waals surface area contributed by atoms with Crippen LogP contribution in [-0.4, -0.2) is 28.2 Å². The number of rotatable bonds is 8. The SMILES string of the molecule is CCCCOCCNc1ccccc1S(N)(=O)=O. The lowest BCUT2D eigenvalue weighted by Gasteiger charge is -2.10. The van der Waals surface area contributed by atoms with Gasteiger partial charge >= 0.3 is 0 Å². The van der Waals surface area contributed by atoms with E-state index in [1.807, 2.05) is 0 Å². The van der Waals surface area contributed by atoms with Gasteiger partial charge in [-0.2, -0.15) is 0 Å². The maximum atomic E-state index is 11.3. The summed E-state index contributed by atoms with van der Waals surface area (Å²) in [5.41, 5.74) is 0.513. The number of ether oxygens (including phenoxy) is 1. The van der Waals surface area contributed by atoms with Crippen LogP contribution in [0.1, 0.15) is 19.8 Å². The molecule has 18 heavy (non-hydrogen) atoms. The second-order valence-electron chi connectivity index (χ2n) is 3.93. The molecule has 0 aliphatic carbocycles. The van der Waals surface area contributed by atoms with E-state index in [4.69, 9.17) is 9.88 Å². The Balaban J connectivity index is 2.48. The standard InChI is InChI=1S/C12H20N2O3S/c1-2-3-9-17-10-8-14-11-6-4-5-7-12(11)18(13,15)16/h4-7,14H,2-3,8-10H2,1H3,(H2,13,15,16). The highest BCUT2D eigenvalue weighted by atomic mass is 32.2. The van der Waals surface area contributed by atoms with Crippen molar-refractivity contribution in [3.8, 4) is 0 Å². The zero-order valence-electron chi connectivity index (χ0n) is 10.6. The molecule has 1 aromatic carbocycles. The molecule has 0 fully saturated rings. The first-order valence-electron chi connectivity index (χ1n) is 5.99. The van der Waals surface area contributed by atoms with Crippen molar-refractivity contribution >= 4 is 15.7 Å². The molecule has 0 amide bonds. The van der Waals surface area contributed by atoms with E-state index in [2.05, 4.69) is 12.2 Å². The van der Waals surface area contributed by atoms with Crippen LogP contribution in [0.3, 0.4) is 0 Å². The maximum absolute atomic E-state index is 11.3. The van der Waals surface area contributed by atoms with Crippen molar-refractivity contribution in [1.82, 2.24) is 0 Å². The Labute approximate surface area is 108 Å². The van der Waals surface area contributed by atoms with Gasteiger partial charge in [0, 0.05) is 13.2 Å². The normalized spacial score (nSPS) is 11.4. The van der Waals surface area contributed by atoms with Gasteiger partial charge in [0.1, 0.15) is 4.90 Å². The molecule has 0 bridgehead atoms. The minimum Gasteiger partial charge on any atom is -0.382 e. The molecular weight excluding hydrogens is 252 g/mol. The fourth-order valence-corrected chi connectivity index (χ4v) is 2.18. The molecule has 5 nitrogen and oxygen atoms in total. The number of sulfonamides is 1. The highest BCUT2D eigenvalue weighted by Crippen LogP contribution is 2.18. The molecule has 0 heterocycles. The third kappa shape index (κ3) is 5.03. The van der Waals surface area contributed by atoms with Gasteiger partial charge in [-0.3, -0.25) is 0 Å². The summed E-state index contributed by atoms with van der Waals surface area (Å²) in [4.78, 5) is 0.110. The Morgan fingerprint density at radius 3 is 2.67 bits per heavy atom. The van der Waals surface area contributed by atoms with Crippen LogP contribution in [0, 0.1) is 0 Å². The van der Waals surface area contributed by atoms with Gasteiger partial charge in [0.15, 0.2) is 0 Å². The fraction of sp³-hybridized carbons (Fsp3) is 0.500. The Hall–Kier alpha value is -1.11. The van der Waals surface area contributed by atoms with Gasteiger partial charge in [-0.1, -0.05) is 25.5 Å². The molecule has 0 radical (unpaired) electrons. The minimum atomic E-state index is -3.69. The van der Waals surface area contributed by atoms with Crippen LogP contribution in [0.15, 0.2) is 29.2 Å². The van der Waals surface area contributed by atoms with Crippen LogP contribution in [-0.2, 0) is 14.8 Å². The van der Waals surface area contributed by atoms with Crippen LogP contribution in [0.2, 0.25) is 0 Å². The van der Waals surface area contributed by atoms with Crippen LogP contribution < -0.4 is 10.5 Å². The average molecular weight is 272 g/mol. The van der Waals surface area contributed by atoms with E-state index in [1.54, 1.807) is 18.2 Å². The number of nitrogens with one attached hydrogen (secondary N) is 1. The second kappa shape index (κ2) is 7.35. The molecule has 0 atom stereocenters. The van der Waals surface area contributed by atoms with Crippen LogP contribution >= 0.6 is 0 Å². The van der Waals surface area contributed by atoms with Crippen molar-refractivity contribution in [2.45, 2.75) is 24.7 Å². The molecule has 6 heteroatoms. The van der Waals surface area contributed by atoms with Crippen molar-refractivity contribution in [2.24, 2.45) is 5.14 Å². The van der Waals surface area contributed by atoms with Gasteiger partial charge < -0.3 is 10.1 Å². The largest absolute Gasteiger partial charge is 0.382 e. The van der Waals surface area contributed by atoms with Crippen LogP contribution in [0.5, 0.6) is 0 Å². The lowest BCUT2D eigenvalue weighted by molar-refractivity contribution is 0.141. The van der Waals surface area contributed by atoms with Gasteiger partial charge in [-0.15, -0.1) is 0 Å². The van der Waals surface area contributed by atoms with Crippen molar-refractivity contribution in [3.05, 3.63) is 24.3 Å². The van der Waals surface area contributed by atoms with Crippen molar-refractivity contribution < 1.29 is 13.2 Å². The topological polar surface area (TPSA) is 81.4 Å². The molecule has 0 aliphatic heterocycles. The molecule has 0 saturated heterocycles. The molecule has 0 unspecified atom stereocenters. The van der Waals surface area contributed by atoms with Crippen molar-refractivity contribution in [3.63, 3.8) is 0 Å². The summed E-state index contributed by atoms with van der Waals surface area (Å²) in [6, 6.07) is 6.57. The summed E-state index contributed by atoms with van der Waals surface area (Å²) in [6.45, 7) is 3.92. The quantitative estimate of drug-likeness (QED) is 0.704. The highest BCUT2D eigenvalue weighted by molar-refractivity contribution is 7.89. The molecule has 1 rings (SSSR count). The molecular formula is C12H20N2O3S. The number of hydrogen-bond acceptors (Lipinski definition) is 4. The van der Waals surface area contributed by atoms with Crippen LogP contribution in [0.25, 0.3) is 0 Å². The van der Waals surface area contributed by atoms with Gasteiger partial charge in [0.2, 0.25) is 10.0 Å². The van der Waals surface area contributed by atoms with Gasteiger partial charge in [-0.25, -0.2) is 13.6 Å². The average Bonchev–Trinajstić information content (AvgIpc) is 2.33. The molecule has 3 N–H and O–H groups in total. The summed E-state index contributed by atoms with van der Waals surface area (Å²) < 4.78 is 28.0. The number of anilines is 1. The number of unbranched alkanes of at least 4 members (excludes halogenated alkanes) is 1. The Morgan fingerprint density at radius 1 is 1.28 bits per heavy atom. The first-order chi connectivity index (χ1) is 8.55. The van der Waals surface area contributed by atoms with E-state index < -0.39 is 10.0 Å². The maximum Gasteiger partial charge on any atom is 0.240 e. The monoisotopic (exact) mass is 272 g/mol. The minimum absolute atomic E-state index is 0.110. The summed E-state index contributed by atoms with van der Waals surface area (Å²) in [7, 11) is -3.69.